The van der Waals surface area contributed by atoms with Gasteiger partial charge in [0, 0.05) is 18.7 Å². The Morgan fingerprint density at radius 2 is 1.57 bits per heavy atom. The number of carbonyl (C=O) groups is 2. The summed E-state index contributed by atoms with van der Waals surface area (Å²) in [6.45, 7) is 3.77. The van der Waals surface area contributed by atoms with Crippen LogP contribution in [0.15, 0.2) is 77.7 Å². The van der Waals surface area contributed by atoms with Gasteiger partial charge in [-0.3, -0.25) is 13.9 Å². The van der Waals surface area contributed by atoms with E-state index in [0.717, 1.165) is 42.0 Å². The highest BCUT2D eigenvalue weighted by Gasteiger charge is 2.35. The van der Waals surface area contributed by atoms with Crippen LogP contribution in [0.25, 0.3) is 0 Å². The average Bonchev–Trinajstić information content (AvgIpc) is 3.08. The maximum absolute atomic E-state index is 14.4. The minimum absolute atomic E-state index is 0.0646. The standard InChI is InChI=1S/C35H45N3O7S/c1-5-31(35(40)36-27-15-11-8-12-16-27)37(24-26-13-9-7-10-14-26)34(39)25-38(28-17-19-29(20-18-28)45-6-2)46(41,42)30-21-22-32(43-3)33(23-30)44-4/h7,9-10,13-14,17-23,27,31H,5-6,8,11-12,15-16,24-25H2,1-4H3,(H,36,40). The van der Waals surface area contributed by atoms with E-state index in [1.54, 1.807) is 24.3 Å². The highest BCUT2D eigenvalue weighted by atomic mass is 32.2. The van der Waals surface area contributed by atoms with Crippen LogP contribution < -0.4 is 23.8 Å². The molecule has 4 rings (SSSR count). The fourth-order valence-corrected chi connectivity index (χ4v) is 7.18. The van der Waals surface area contributed by atoms with Crippen molar-refractivity contribution >= 4 is 27.5 Å². The molecule has 1 saturated carbocycles. The Bertz CT molecular complexity index is 1540. The van der Waals surface area contributed by atoms with Crippen molar-refractivity contribution in [3.63, 3.8) is 0 Å². The number of hydrogen-bond donors (Lipinski definition) is 1. The number of anilines is 1. The summed E-state index contributed by atoms with van der Waals surface area (Å²) in [5.41, 5.74) is 1.10. The van der Waals surface area contributed by atoms with E-state index in [9.17, 15) is 18.0 Å². The number of carbonyl (C=O) groups excluding carboxylic acids is 2. The van der Waals surface area contributed by atoms with Crippen LogP contribution >= 0.6 is 0 Å². The Morgan fingerprint density at radius 3 is 2.17 bits per heavy atom. The minimum Gasteiger partial charge on any atom is -0.494 e. The molecule has 248 valence electrons. The Balaban J connectivity index is 1.73. The van der Waals surface area contributed by atoms with Gasteiger partial charge in [0.05, 0.1) is 31.4 Å². The maximum Gasteiger partial charge on any atom is 0.264 e. The predicted molar refractivity (Wildman–Crippen MR) is 178 cm³/mol. The highest BCUT2D eigenvalue weighted by molar-refractivity contribution is 7.92. The zero-order valence-corrected chi connectivity index (χ0v) is 27.9. The smallest absolute Gasteiger partial charge is 0.264 e. The Morgan fingerprint density at radius 1 is 0.891 bits per heavy atom. The first-order valence-corrected chi connectivity index (χ1v) is 17.3. The van der Waals surface area contributed by atoms with E-state index in [2.05, 4.69) is 5.32 Å². The van der Waals surface area contributed by atoms with Crippen LogP contribution in [0.4, 0.5) is 5.69 Å². The quantitative estimate of drug-likeness (QED) is 0.229. The lowest BCUT2D eigenvalue weighted by Gasteiger charge is -2.34. The van der Waals surface area contributed by atoms with Gasteiger partial charge in [0.15, 0.2) is 11.5 Å². The molecule has 0 saturated heterocycles. The van der Waals surface area contributed by atoms with Crippen LogP contribution in [-0.4, -0.2) is 64.6 Å². The van der Waals surface area contributed by atoms with Crippen LogP contribution in [-0.2, 0) is 26.2 Å². The Hall–Kier alpha value is -4.25. The van der Waals surface area contributed by atoms with Crippen LogP contribution in [0.2, 0.25) is 0 Å². The summed E-state index contributed by atoms with van der Waals surface area (Å²) in [5.74, 6) is 0.435. The molecule has 1 aliphatic rings. The molecule has 10 nitrogen and oxygen atoms in total. The molecular formula is C35H45N3O7S. The molecule has 0 bridgehead atoms. The summed E-state index contributed by atoms with van der Waals surface area (Å²) >= 11 is 0. The van der Waals surface area contributed by atoms with Gasteiger partial charge >= 0.3 is 0 Å². The molecular weight excluding hydrogens is 606 g/mol. The first-order chi connectivity index (χ1) is 22.2. The molecule has 0 radical (unpaired) electrons. The fraction of sp³-hybridized carbons (Fsp3) is 0.429. The largest absolute Gasteiger partial charge is 0.494 e. The number of amides is 2. The van der Waals surface area contributed by atoms with E-state index >= 15 is 0 Å². The molecule has 1 fully saturated rings. The molecule has 3 aromatic carbocycles. The van der Waals surface area contributed by atoms with Crippen molar-refractivity contribution in [2.45, 2.75) is 75.9 Å². The number of hydrogen-bond acceptors (Lipinski definition) is 7. The second-order valence-corrected chi connectivity index (χ2v) is 13.1. The van der Waals surface area contributed by atoms with Gasteiger partial charge in [-0.25, -0.2) is 8.42 Å². The molecule has 1 unspecified atom stereocenters. The van der Waals surface area contributed by atoms with Crippen molar-refractivity contribution in [2.24, 2.45) is 0 Å². The van der Waals surface area contributed by atoms with Crippen molar-refractivity contribution < 1.29 is 32.2 Å². The number of rotatable bonds is 15. The predicted octanol–water partition coefficient (Wildman–Crippen LogP) is 5.55. The molecule has 11 heteroatoms. The van der Waals surface area contributed by atoms with Gasteiger partial charge in [0.1, 0.15) is 18.3 Å². The van der Waals surface area contributed by atoms with Gasteiger partial charge in [0.2, 0.25) is 11.8 Å². The minimum atomic E-state index is -4.30. The third kappa shape index (κ3) is 8.51. The lowest BCUT2D eigenvalue weighted by Crippen LogP contribution is -2.54. The van der Waals surface area contributed by atoms with E-state index in [-0.39, 0.29) is 34.8 Å². The van der Waals surface area contributed by atoms with Crippen molar-refractivity contribution in [2.75, 3.05) is 31.7 Å². The Labute approximate surface area is 272 Å². The number of sulfonamides is 1. The number of nitrogens with one attached hydrogen (secondary N) is 1. The van der Waals surface area contributed by atoms with Gasteiger partial charge < -0.3 is 24.4 Å². The summed E-state index contributed by atoms with van der Waals surface area (Å²) < 4.78 is 45.9. The third-order valence-corrected chi connectivity index (χ3v) is 9.96. The van der Waals surface area contributed by atoms with Crippen molar-refractivity contribution in [1.29, 1.82) is 0 Å². The molecule has 1 atom stereocenters. The maximum atomic E-state index is 14.4. The first kappa shape index (κ1) is 34.6. The molecule has 0 heterocycles. The zero-order chi connectivity index (χ0) is 33.1. The number of ether oxygens (including phenoxy) is 3. The van der Waals surface area contributed by atoms with Crippen molar-refractivity contribution in [1.82, 2.24) is 10.2 Å². The summed E-state index contributed by atoms with van der Waals surface area (Å²) in [5, 5.41) is 3.17. The van der Waals surface area contributed by atoms with E-state index in [4.69, 9.17) is 14.2 Å². The van der Waals surface area contributed by atoms with Gasteiger partial charge in [-0.1, -0.05) is 56.5 Å². The lowest BCUT2D eigenvalue weighted by molar-refractivity contribution is -0.140. The number of nitrogens with zero attached hydrogens (tertiary/aromatic N) is 2. The van der Waals surface area contributed by atoms with Crippen LogP contribution in [0, 0.1) is 0 Å². The lowest BCUT2D eigenvalue weighted by atomic mass is 9.95. The number of benzene rings is 3. The average molecular weight is 652 g/mol. The topological polar surface area (TPSA) is 114 Å². The van der Waals surface area contributed by atoms with E-state index in [1.807, 2.05) is 44.2 Å². The van der Waals surface area contributed by atoms with Gasteiger partial charge in [-0.15, -0.1) is 0 Å². The van der Waals surface area contributed by atoms with E-state index in [1.165, 1.54) is 37.3 Å². The van der Waals surface area contributed by atoms with Crippen LogP contribution in [0.3, 0.4) is 0 Å². The second-order valence-electron chi connectivity index (χ2n) is 11.2. The van der Waals surface area contributed by atoms with Crippen molar-refractivity contribution in [3.8, 4) is 17.2 Å². The monoisotopic (exact) mass is 651 g/mol. The molecule has 46 heavy (non-hydrogen) atoms. The molecule has 2 amide bonds. The Kier molecular flexibility index (Phi) is 12.3. The molecule has 1 aliphatic carbocycles. The van der Waals surface area contributed by atoms with E-state index < -0.39 is 28.5 Å². The SMILES string of the molecule is CCOc1ccc(N(CC(=O)N(Cc2ccccc2)C(CC)C(=O)NC2CCCCC2)S(=O)(=O)c2ccc(OC)c(OC)c2)cc1. The summed E-state index contributed by atoms with van der Waals surface area (Å²) in [7, 11) is -1.42. The molecule has 3 aromatic rings. The molecule has 1 N–H and O–H groups in total. The summed E-state index contributed by atoms with van der Waals surface area (Å²) in [4.78, 5) is 29.5. The van der Waals surface area contributed by atoms with Crippen LogP contribution in [0.1, 0.15) is 57.9 Å². The molecule has 0 spiro atoms. The normalized spacial score (nSPS) is 14.2. The first-order valence-electron chi connectivity index (χ1n) is 15.8. The highest BCUT2D eigenvalue weighted by Crippen LogP contribution is 2.33. The summed E-state index contributed by atoms with van der Waals surface area (Å²) in [6.07, 6.45) is 5.44. The summed E-state index contributed by atoms with van der Waals surface area (Å²) in [6, 6.07) is 19.5. The molecule has 0 aliphatic heterocycles. The second kappa shape index (κ2) is 16.4. The fourth-order valence-electron chi connectivity index (χ4n) is 5.75. The van der Waals surface area contributed by atoms with Crippen molar-refractivity contribution in [3.05, 3.63) is 78.4 Å². The number of methoxy groups -OCH3 is 2. The van der Waals surface area contributed by atoms with Gasteiger partial charge in [0.25, 0.3) is 10.0 Å². The van der Waals surface area contributed by atoms with Gasteiger partial charge in [-0.2, -0.15) is 0 Å². The zero-order valence-electron chi connectivity index (χ0n) is 27.1. The molecule has 0 aromatic heterocycles. The van der Waals surface area contributed by atoms with E-state index in [0.29, 0.717) is 24.5 Å². The third-order valence-electron chi connectivity index (χ3n) is 8.19. The van der Waals surface area contributed by atoms with Crippen LogP contribution in [0.5, 0.6) is 17.2 Å². The van der Waals surface area contributed by atoms with Gasteiger partial charge in [-0.05, 0) is 68.1 Å².